The van der Waals surface area contributed by atoms with Crippen molar-refractivity contribution in [3.63, 3.8) is 0 Å². The molecule has 0 saturated heterocycles. The molecule has 0 saturated carbocycles. The molecule has 3 N–H and O–H groups in total. The molecule has 0 spiro atoms. The molecule has 1 amide bonds. The van der Waals surface area contributed by atoms with Crippen molar-refractivity contribution < 1.29 is 52.9 Å². The Morgan fingerprint density at radius 1 is 0.879 bits per heavy atom. The normalized spacial score (nSPS) is 10.8. The summed E-state index contributed by atoms with van der Waals surface area (Å²) >= 11 is 0. The largest absolute Gasteiger partial charge is 1.00 e. The Hall–Kier alpha value is 0.0400. The Kier molecular flexibility index (Phi) is 39.0. The first-order chi connectivity index (χ1) is 15.1. The summed E-state index contributed by atoms with van der Waals surface area (Å²) in [4.78, 5) is 12.7. The molecular formula is C24H53N2NaO5S. The van der Waals surface area contributed by atoms with Crippen molar-refractivity contribution in [1.29, 1.82) is 0 Å². The Morgan fingerprint density at radius 3 is 1.58 bits per heavy atom. The van der Waals surface area contributed by atoms with Gasteiger partial charge in [-0.3, -0.25) is 9.35 Å². The van der Waals surface area contributed by atoms with E-state index in [4.69, 9.17) is 10.3 Å². The molecular weight excluding hydrogens is 451 g/mol. The molecule has 0 unspecified atom stereocenters. The summed E-state index contributed by atoms with van der Waals surface area (Å²) in [7, 11) is -0.0631. The molecule has 0 aliphatic heterocycles. The van der Waals surface area contributed by atoms with Crippen LogP contribution in [0.15, 0.2) is 12.2 Å². The molecule has 0 aromatic carbocycles. The van der Waals surface area contributed by atoms with Gasteiger partial charge in [-0.15, -0.1) is 0 Å². The van der Waals surface area contributed by atoms with Crippen LogP contribution in [0.2, 0.25) is 0 Å². The fourth-order valence-electron chi connectivity index (χ4n) is 2.52. The predicted octanol–water partition coefficient (Wildman–Crippen LogP) is 3.02. The second-order valence-electron chi connectivity index (χ2n) is 8.03. The van der Waals surface area contributed by atoms with Crippen LogP contribution in [0.5, 0.6) is 0 Å². The minimum Gasteiger partial charge on any atom is -1.00 e. The average molecular weight is 505 g/mol. The number of carbonyl (C=O) groups is 1. The van der Waals surface area contributed by atoms with Gasteiger partial charge in [-0.1, -0.05) is 77.4 Å². The van der Waals surface area contributed by atoms with E-state index in [-0.39, 0.29) is 43.5 Å². The van der Waals surface area contributed by atoms with E-state index in [0.717, 1.165) is 19.4 Å². The fraction of sp³-hybridized carbons (Fsp3) is 0.875. The maximum absolute atomic E-state index is 10.5. The van der Waals surface area contributed by atoms with E-state index >= 15 is 0 Å². The number of carbonyl (C=O) groups excluding carboxylic acids is 1. The first-order valence-electron chi connectivity index (χ1n) is 12.3. The number of primary amides is 1. The summed E-state index contributed by atoms with van der Waals surface area (Å²) in [5, 5.41) is 0. The third-order valence-corrected chi connectivity index (χ3v) is 5.12. The summed E-state index contributed by atoms with van der Waals surface area (Å²) in [5.41, 5.74) is 5.10. The third kappa shape index (κ3) is 54.5. The summed E-state index contributed by atoms with van der Waals surface area (Å²) in [5.74, 6) is -0.164. The van der Waals surface area contributed by atoms with Gasteiger partial charge >= 0.3 is 40.0 Å². The van der Waals surface area contributed by atoms with Crippen molar-refractivity contribution in [2.45, 2.75) is 111 Å². The maximum atomic E-state index is 10.5. The average Bonchev–Trinajstić information content (AvgIpc) is 2.70. The van der Waals surface area contributed by atoms with Gasteiger partial charge in [0.1, 0.15) is 0 Å². The minimum atomic E-state index is -4.17. The Labute approximate surface area is 229 Å². The van der Waals surface area contributed by atoms with Gasteiger partial charge in [-0.25, -0.2) is 4.18 Å². The molecule has 0 heterocycles. The number of nitrogens with zero attached hydrogens (tertiary/aromatic N) is 1. The van der Waals surface area contributed by atoms with E-state index in [9.17, 15) is 13.2 Å². The van der Waals surface area contributed by atoms with Gasteiger partial charge in [-0.05, 0) is 59.7 Å². The number of unbranched alkanes of at least 4 members (excludes halogenated alkanes) is 11. The SMILES string of the molecule is CCCCCCCC/C=C\CCCCCCCC(N)=O.CCN(C)C.CCOS(=O)(=O)O.[H-].[Na+]. The molecule has 0 atom stereocenters. The van der Waals surface area contributed by atoms with E-state index in [1.807, 2.05) is 0 Å². The monoisotopic (exact) mass is 504 g/mol. The summed E-state index contributed by atoms with van der Waals surface area (Å²) in [6.07, 6.45) is 21.9. The Balaban J connectivity index is -0.000000166. The zero-order valence-electron chi connectivity index (χ0n) is 23.5. The molecule has 0 bridgehead atoms. The van der Waals surface area contributed by atoms with Gasteiger partial charge < -0.3 is 12.1 Å². The number of hydrogen-bond acceptors (Lipinski definition) is 5. The summed E-state index contributed by atoms with van der Waals surface area (Å²) < 4.78 is 30.7. The van der Waals surface area contributed by atoms with Crippen LogP contribution in [-0.4, -0.2) is 51.0 Å². The Morgan fingerprint density at radius 2 is 1.27 bits per heavy atom. The molecule has 7 nitrogen and oxygen atoms in total. The smallest absolute Gasteiger partial charge is 1.00 e. The van der Waals surface area contributed by atoms with Gasteiger partial charge in [0, 0.05) is 6.42 Å². The zero-order chi connectivity index (χ0) is 25.1. The van der Waals surface area contributed by atoms with E-state index in [2.05, 4.69) is 49.2 Å². The van der Waals surface area contributed by atoms with Crippen molar-refractivity contribution in [3.8, 4) is 0 Å². The van der Waals surface area contributed by atoms with Crippen LogP contribution in [0, 0.1) is 0 Å². The zero-order valence-corrected chi connectivity index (χ0v) is 25.3. The van der Waals surface area contributed by atoms with E-state index in [1.54, 1.807) is 0 Å². The van der Waals surface area contributed by atoms with Crippen LogP contribution in [0.25, 0.3) is 0 Å². The van der Waals surface area contributed by atoms with Crippen molar-refractivity contribution >= 4 is 16.3 Å². The predicted molar refractivity (Wildman–Crippen MR) is 137 cm³/mol. The molecule has 0 radical (unpaired) electrons. The van der Waals surface area contributed by atoms with E-state index in [0.29, 0.717) is 6.42 Å². The third-order valence-electron chi connectivity index (χ3n) is 4.58. The van der Waals surface area contributed by atoms with Gasteiger partial charge in [-0.2, -0.15) is 8.42 Å². The quantitative estimate of drug-likeness (QED) is 0.129. The molecule has 0 rings (SSSR count). The van der Waals surface area contributed by atoms with Gasteiger partial charge in [0.05, 0.1) is 6.61 Å². The topological polar surface area (TPSA) is 110 Å². The fourth-order valence-corrected chi connectivity index (χ4v) is 2.82. The Bertz CT molecular complexity index is 521. The first kappa shape index (κ1) is 40.2. The van der Waals surface area contributed by atoms with Crippen LogP contribution in [-0.2, 0) is 19.4 Å². The molecule has 0 fully saturated rings. The maximum Gasteiger partial charge on any atom is 1.00 e. The molecule has 196 valence electrons. The number of hydrogen-bond donors (Lipinski definition) is 2. The standard InChI is InChI=1S/C18H35NO.C4H11N.C2H6O4S.Na.H/c1-2-3-4-5-6-7-8-9-10-11-12-13-14-15-16-17-18(19)20;1-4-5(2)3;1-2-6-7(3,4)5;;/h9-10H,2-8,11-17H2,1H3,(H2,19,20);4H2,1-3H3;2H2,1H3,(H,3,4,5);;/q;;;+1;-1/b10-9-;;;;. The number of amides is 1. The molecule has 0 aliphatic rings. The first-order valence-corrected chi connectivity index (χ1v) is 13.7. The summed E-state index contributed by atoms with van der Waals surface area (Å²) in [6, 6.07) is 0. The number of nitrogens with two attached hydrogens (primary N) is 1. The molecule has 0 aromatic heterocycles. The van der Waals surface area contributed by atoms with Crippen molar-refractivity contribution in [2.24, 2.45) is 5.73 Å². The van der Waals surface area contributed by atoms with Gasteiger partial charge in [0.2, 0.25) is 5.91 Å². The molecule has 9 heteroatoms. The van der Waals surface area contributed by atoms with Crippen LogP contribution >= 0.6 is 0 Å². The van der Waals surface area contributed by atoms with Gasteiger partial charge in [0.25, 0.3) is 0 Å². The second kappa shape index (κ2) is 32.0. The van der Waals surface area contributed by atoms with Crippen molar-refractivity contribution in [1.82, 2.24) is 4.90 Å². The van der Waals surface area contributed by atoms with E-state index < -0.39 is 10.4 Å². The second-order valence-corrected chi connectivity index (χ2v) is 9.12. The number of allylic oxidation sites excluding steroid dienone is 2. The number of rotatable bonds is 18. The molecule has 0 aliphatic carbocycles. The van der Waals surface area contributed by atoms with E-state index in [1.165, 1.54) is 77.6 Å². The van der Waals surface area contributed by atoms with Gasteiger partial charge in [0.15, 0.2) is 0 Å². The van der Waals surface area contributed by atoms with Crippen molar-refractivity contribution in [2.75, 3.05) is 27.2 Å². The van der Waals surface area contributed by atoms with Crippen LogP contribution < -0.4 is 35.3 Å². The summed E-state index contributed by atoms with van der Waals surface area (Å²) in [6.45, 7) is 6.97. The van der Waals surface area contributed by atoms with Crippen molar-refractivity contribution in [3.05, 3.63) is 12.2 Å². The van der Waals surface area contributed by atoms with Crippen LogP contribution in [0.1, 0.15) is 112 Å². The molecule has 33 heavy (non-hydrogen) atoms. The van der Waals surface area contributed by atoms with Crippen LogP contribution in [0.4, 0.5) is 0 Å². The minimum absolute atomic E-state index is 0. The molecule has 0 aromatic rings. The van der Waals surface area contributed by atoms with Crippen LogP contribution in [0.3, 0.4) is 0 Å².